The zero-order valence-corrected chi connectivity index (χ0v) is 19.4. The van der Waals surface area contributed by atoms with Gasteiger partial charge in [0.05, 0.1) is 30.4 Å². The van der Waals surface area contributed by atoms with Gasteiger partial charge >= 0.3 is 0 Å². The molecule has 2 atom stereocenters. The van der Waals surface area contributed by atoms with Crippen molar-refractivity contribution in [1.29, 1.82) is 0 Å². The third-order valence-corrected chi connectivity index (χ3v) is 6.34. The smallest absolute Gasteiger partial charge is 0.262 e. The van der Waals surface area contributed by atoms with E-state index in [1.54, 1.807) is 24.3 Å². The average molecular weight is 471 g/mol. The Labute approximate surface area is 203 Å². The monoisotopic (exact) mass is 470 g/mol. The van der Waals surface area contributed by atoms with Gasteiger partial charge in [0.15, 0.2) is 11.5 Å². The van der Waals surface area contributed by atoms with Gasteiger partial charge in [-0.1, -0.05) is 48.5 Å². The predicted molar refractivity (Wildman–Crippen MR) is 129 cm³/mol. The van der Waals surface area contributed by atoms with E-state index in [1.165, 1.54) is 0 Å². The van der Waals surface area contributed by atoms with Gasteiger partial charge in [-0.2, -0.15) is 0 Å². The van der Waals surface area contributed by atoms with E-state index in [4.69, 9.17) is 9.47 Å². The number of hydrogen-bond donors (Lipinski definition) is 1. The van der Waals surface area contributed by atoms with Crippen LogP contribution in [0.5, 0.6) is 11.5 Å². The van der Waals surface area contributed by atoms with E-state index in [9.17, 15) is 14.4 Å². The minimum Gasteiger partial charge on any atom is -0.490 e. The minimum absolute atomic E-state index is 0.214. The van der Waals surface area contributed by atoms with Crippen molar-refractivity contribution in [3.8, 4) is 11.5 Å². The van der Waals surface area contributed by atoms with Gasteiger partial charge in [0.25, 0.3) is 11.8 Å². The first-order valence-electron chi connectivity index (χ1n) is 11.7. The molecule has 3 aromatic carbocycles. The van der Waals surface area contributed by atoms with E-state index in [-0.39, 0.29) is 12.5 Å². The number of amides is 3. The van der Waals surface area contributed by atoms with Crippen LogP contribution in [0.4, 0.5) is 0 Å². The molecular weight excluding hydrogens is 444 g/mol. The Hall–Kier alpha value is -4.13. The van der Waals surface area contributed by atoms with Crippen LogP contribution in [0.2, 0.25) is 0 Å². The summed E-state index contributed by atoms with van der Waals surface area (Å²) in [6.45, 7) is 3.02. The number of rotatable bonds is 6. The molecular formula is C28H26N2O5. The quantitative estimate of drug-likeness (QED) is 0.552. The third kappa shape index (κ3) is 4.49. The van der Waals surface area contributed by atoms with Crippen molar-refractivity contribution in [3.63, 3.8) is 0 Å². The Bertz CT molecular complexity index is 1240. The van der Waals surface area contributed by atoms with Crippen LogP contribution >= 0.6 is 0 Å². The fourth-order valence-corrected chi connectivity index (χ4v) is 4.47. The van der Waals surface area contributed by atoms with E-state index in [0.717, 1.165) is 22.4 Å². The fraction of sp³-hybridized carbons (Fsp3) is 0.250. The van der Waals surface area contributed by atoms with Gasteiger partial charge in [-0.3, -0.25) is 19.3 Å². The molecule has 0 aromatic heterocycles. The lowest BCUT2D eigenvalue weighted by Gasteiger charge is -2.27. The van der Waals surface area contributed by atoms with Crippen molar-refractivity contribution in [2.45, 2.75) is 31.8 Å². The highest BCUT2D eigenvalue weighted by Crippen LogP contribution is 2.32. The Morgan fingerprint density at radius 3 is 2.20 bits per heavy atom. The number of carbonyl (C=O) groups is 3. The second kappa shape index (κ2) is 9.62. The number of fused-ring (bicyclic) bond motifs is 2. The van der Waals surface area contributed by atoms with Crippen molar-refractivity contribution in [2.24, 2.45) is 0 Å². The lowest BCUT2D eigenvalue weighted by atomic mass is 10.0. The molecule has 2 aliphatic rings. The van der Waals surface area contributed by atoms with Crippen LogP contribution in [-0.4, -0.2) is 41.9 Å². The molecule has 178 valence electrons. The van der Waals surface area contributed by atoms with Gasteiger partial charge in [0.1, 0.15) is 6.04 Å². The summed E-state index contributed by atoms with van der Waals surface area (Å²) in [4.78, 5) is 41.1. The molecule has 1 N–H and O–H groups in total. The van der Waals surface area contributed by atoms with Gasteiger partial charge in [-0.15, -0.1) is 0 Å². The number of ether oxygens (including phenoxy) is 2. The maximum atomic E-state index is 13.6. The van der Waals surface area contributed by atoms with E-state index in [1.807, 2.05) is 55.5 Å². The van der Waals surface area contributed by atoms with E-state index in [0.29, 0.717) is 35.8 Å². The molecule has 3 aromatic rings. The van der Waals surface area contributed by atoms with Gasteiger partial charge < -0.3 is 14.8 Å². The van der Waals surface area contributed by atoms with Crippen LogP contribution in [-0.2, 0) is 11.2 Å². The van der Waals surface area contributed by atoms with Crippen LogP contribution in [0.25, 0.3) is 0 Å². The molecule has 0 saturated carbocycles. The topological polar surface area (TPSA) is 84.9 Å². The fourth-order valence-electron chi connectivity index (χ4n) is 4.47. The molecule has 2 aliphatic heterocycles. The number of nitrogens with one attached hydrogen (secondary N) is 1. The molecule has 5 rings (SSSR count). The summed E-state index contributed by atoms with van der Waals surface area (Å²) in [6, 6.07) is 20.3. The highest BCUT2D eigenvalue weighted by Gasteiger charge is 2.42. The van der Waals surface area contributed by atoms with Crippen molar-refractivity contribution in [2.75, 3.05) is 13.2 Å². The zero-order chi connectivity index (χ0) is 24.4. The molecule has 3 amide bonds. The highest BCUT2D eigenvalue weighted by molar-refractivity contribution is 6.22. The first-order chi connectivity index (χ1) is 17.0. The predicted octanol–water partition coefficient (Wildman–Crippen LogP) is 3.93. The second-order valence-corrected chi connectivity index (χ2v) is 8.72. The number of carbonyl (C=O) groups excluding carboxylic acids is 3. The second-order valence-electron chi connectivity index (χ2n) is 8.72. The minimum atomic E-state index is -0.993. The number of nitrogens with zero attached hydrogens (tertiary/aromatic N) is 1. The molecule has 2 unspecified atom stereocenters. The Kier molecular flexibility index (Phi) is 6.23. The van der Waals surface area contributed by atoms with Crippen LogP contribution < -0.4 is 14.8 Å². The molecule has 7 nitrogen and oxygen atoms in total. The highest BCUT2D eigenvalue weighted by atomic mass is 16.5. The molecule has 0 fully saturated rings. The van der Waals surface area contributed by atoms with Gasteiger partial charge in [0.2, 0.25) is 5.91 Å². The Morgan fingerprint density at radius 2 is 1.51 bits per heavy atom. The lowest BCUT2D eigenvalue weighted by molar-refractivity contribution is -0.125. The van der Waals surface area contributed by atoms with E-state index in [2.05, 4.69) is 5.32 Å². The zero-order valence-electron chi connectivity index (χ0n) is 19.4. The standard InChI is InChI=1S/C28H26N2O5/c1-18(20-12-13-24-25(17-20)35-15-7-14-34-24)29-26(31)23(16-19-8-3-2-4-9-19)30-27(32)21-10-5-6-11-22(21)28(30)33/h2-6,8-13,17-18,23H,7,14-16H2,1H3,(H,29,31). The first kappa shape index (κ1) is 22.7. The van der Waals surface area contributed by atoms with Crippen LogP contribution in [0.3, 0.4) is 0 Å². The van der Waals surface area contributed by atoms with Crippen LogP contribution in [0.1, 0.15) is 51.2 Å². The molecule has 0 aliphatic carbocycles. The summed E-state index contributed by atoms with van der Waals surface area (Å²) in [5.41, 5.74) is 2.33. The number of benzene rings is 3. The van der Waals surface area contributed by atoms with Crippen LogP contribution in [0.15, 0.2) is 72.8 Å². The van der Waals surface area contributed by atoms with E-state index < -0.39 is 23.8 Å². The van der Waals surface area contributed by atoms with Crippen molar-refractivity contribution in [1.82, 2.24) is 10.2 Å². The summed E-state index contributed by atoms with van der Waals surface area (Å²) in [5.74, 6) is 0.0119. The first-order valence-corrected chi connectivity index (χ1v) is 11.7. The van der Waals surface area contributed by atoms with Gasteiger partial charge in [-0.25, -0.2) is 0 Å². The summed E-state index contributed by atoms with van der Waals surface area (Å²) in [5, 5.41) is 3.00. The normalized spacial score (nSPS) is 16.3. The van der Waals surface area contributed by atoms with E-state index >= 15 is 0 Å². The van der Waals surface area contributed by atoms with Crippen LogP contribution in [0, 0.1) is 0 Å². The lowest BCUT2D eigenvalue weighted by Crippen LogP contribution is -2.51. The summed E-state index contributed by atoms with van der Waals surface area (Å²) >= 11 is 0. The Balaban J connectivity index is 1.41. The SMILES string of the molecule is CC(NC(=O)C(Cc1ccccc1)N1C(=O)c2ccccc2C1=O)c1ccc2c(c1)OCCCO2. The van der Waals surface area contributed by atoms with Gasteiger partial charge in [0, 0.05) is 12.8 Å². The maximum Gasteiger partial charge on any atom is 0.262 e. The van der Waals surface area contributed by atoms with Crippen molar-refractivity contribution < 1.29 is 23.9 Å². The maximum absolute atomic E-state index is 13.6. The number of hydrogen-bond acceptors (Lipinski definition) is 5. The summed E-state index contributed by atoms with van der Waals surface area (Å²) in [6.07, 6.45) is 1.02. The van der Waals surface area contributed by atoms with Crippen molar-refractivity contribution >= 4 is 17.7 Å². The Morgan fingerprint density at radius 1 is 0.886 bits per heavy atom. The molecule has 0 bridgehead atoms. The molecule has 0 saturated heterocycles. The largest absolute Gasteiger partial charge is 0.490 e. The summed E-state index contributed by atoms with van der Waals surface area (Å²) in [7, 11) is 0. The average Bonchev–Trinajstić information content (AvgIpc) is 3.02. The number of imide groups is 1. The molecule has 2 heterocycles. The van der Waals surface area contributed by atoms with Gasteiger partial charge in [-0.05, 0) is 42.3 Å². The molecule has 35 heavy (non-hydrogen) atoms. The molecule has 0 spiro atoms. The van der Waals surface area contributed by atoms with Crippen molar-refractivity contribution in [3.05, 3.63) is 95.1 Å². The third-order valence-electron chi connectivity index (χ3n) is 6.34. The molecule has 0 radical (unpaired) electrons. The summed E-state index contributed by atoms with van der Waals surface area (Å²) < 4.78 is 11.5. The molecule has 7 heteroatoms.